The van der Waals surface area contributed by atoms with Gasteiger partial charge in [-0.2, -0.15) is 0 Å². The second-order valence-corrected chi connectivity index (χ2v) is 8.74. The van der Waals surface area contributed by atoms with Gasteiger partial charge in [0.1, 0.15) is 5.75 Å². The molecule has 0 saturated carbocycles. The van der Waals surface area contributed by atoms with E-state index in [1.807, 2.05) is 72.8 Å². The fourth-order valence-corrected chi connectivity index (χ4v) is 3.87. The monoisotopic (exact) mass is 493 g/mol. The van der Waals surface area contributed by atoms with Gasteiger partial charge >= 0.3 is 0 Å². The normalized spacial score (nSPS) is 10.4. The molecule has 0 saturated heterocycles. The van der Waals surface area contributed by atoms with Gasteiger partial charge in [0, 0.05) is 37.0 Å². The number of ether oxygens (including phenoxy) is 1. The molecule has 0 radical (unpaired) electrons. The summed E-state index contributed by atoms with van der Waals surface area (Å²) < 4.78 is 5.81. The molecule has 0 spiro atoms. The van der Waals surface area contributed by atoms with Crippen molar-refractivity contribution in [2.45, 2.75) is 13.0 Å². The SMILES string of the molecule is CN(Cc1ccccc1)C(=O)c1cccc(NC(=O)CNc2ccc(OCCc3ccccc3)cc2)c1. The van der Waals surface area contributed by atoms with Crippen molar-refractivity contribution >= 4 is 23.2 Å². The Labute approximate surface area is 217 Å². The number of hydrogen-bond donors (Lipinski definition) is 2. The Hall–Kier alpha value is -4.58. The standard InChI is InChI=1S/C31H31N3O3/c1-34(23-25-11-6-3-7-12-25)31(36)26-13-8-14-28(21-26)33-30(35)22-32-27-15-17-29(18-16-27)37-20-19-24-9-4-2-5-10-24/h2-18,21,32H,19-20,22-23H2,1H3,(H,33,35). The number of carbonyl (C=O) groups excluding carboxylic acids is 2. The van der Waals surface area contributed by atoms with Crippen molar-refractivity contribution in [2.75, 3.05) is 30.8 Å². The van der Waals surface area contributed by atoms with Crippen LogP contribution in [0, 0.1) is 0 Å². The second kappa shape index (κ2) is 12.9. The van der Waals surface area contributed by atoms with Crippen molar-refractivity contribution in [1.82, 2.24) is 4.90 Å². The highest BCUT2D eigenvalue weighted by molar-refractivity contribution is 5.98. The lowest BCUT2D eigenvalue weighted by atomic mass is 10.1. The first kappa shape index (κ1) is 25.5. The molecule has 4 aromatic rings. The van der Waals surface area contributed by atoms with E-state index in [9.17, 15) is 9.59 Å². The van der Waals surface area contributed by atoms with Crippen LogP contribution in [0.5, 0.6) is 5.75 Å². The van der Waals surface area contributed by atoms with Gasteiger partial charge < -0.3 is 20.3 Å². The van der Waals surface area contributed by atoms with Crippen LogP contribution in [-0.4, -0.2) is 36.9 Å². The number of rotatable bonds is 11. The van der Waals surface area contributed by atoms with E-state index in [2.05, 4.69) is 22.8 Å². The zero-order valence-electron chi connectivity index (χ0n) is 20.9. The Morgan fingerprint density at radius 1 is 0.757 bits per heavy atom. The largest absolute Gasteiger partial charge is 0.493 e. The fourth-order valence-electron chi connectivity index (χ4n) is 3.87. The second-order valence-electron chi connectivity index (χ2n) is 8.74. The number of benzene rings is 4. The van der Waals surface area contributed by atoms with Crippen LogP contribution < -0.4 is 15.4 Å². The molecule has 2 N–H and O–H groups in total. The molecule has 0 bridgehead atoms. The van der Waals surface area contributed by atoms with Gasteiger partial charge in [0.15, 0.2) is 0 Å². The van der Waals surface area contributed by atoms with Gasteiger partial charge in [0.25, 0.3) is 5.91 Å². The van der Waals surface area contributed by atoms with E-state index in [0.717, 1.165) is 23.4 Å². The average molecular weight is 494 g/mol. The van der Waals surface area contributed by atoms with E-state index in [1.54, 1.807) is 36.2 Å². The maximum atomic E-state index is 12.9. The van der Waals surface area contributed by atoms with Crippen molar-refractivity contribution in [2.24, 2.45) is 0 Å². The minimum absolute atomic E-state index is 0.0975. The van der Waals surface area contributed by atoms with Gasteiger partial charge in [-0.05, 0) is 53.6 Å². The van der Waals surface area contributed by atoms with Crippen LogP contribution in [-0.2, 0) is 17.8 Å². The van der Waals surface area contributed by atoms with Crippen molar-refractivity contribution in [3.63, 3.8) is 0 Å². The molecule has 0 aliphatic heterocycles. The van der Waals surface area contributed by atoms with E-state index >= 15 is 0 Å². The van der Waals surface area contributed by atoms with Gasteiger partial charge in [-0.3, -0.25) is 9.59 Å². The lowest BCUT2D eigenvalue weighted by molar-refractivity contribution is -0.114. The van der Waals surface area contributed by atoms with E-state index in [0.29, 0.717) is 24.4 Å². The van der Waals surface area contributed by atoms with Gasteiger partial charge in [0.2, 0.25) is 5.91 Å². The minimum Gasteiger partial charge on any atom is -0.493 e. The summed E-state index contributed by atoms with van der Waals surface area (Å²) in [4.78, 5) is 27.0. The molecular formula is C31H31N3O3. The molecule has 6 heteroatoms. The van der Waals surface area contributed by atoms with Crippen LogP contribution in [0.25, 0.3) is 0 Å². The highest BCUT2D eigenvalue weighted by Crippen LogP contribution is 2.17. The predicted octanol–water partition coefficient (Wildman–Crippen LogP) is 5.63. The first-order valence-corrected chi connectivity index (χ1v) is 12.3. The number of anilines is 2. The first-order valence-electron chi connectivity index (χ1n) is 12.3. The number of amides is 2. The molecule has 0 atom stereocenters. The molecular weight excluding hydrogens is 462 g/mol. The zero-order valence-corrected chi connectivity index (χ0v) is 20.9. The van der Waals surface area contributed by atoms with Gasteiger partial charge in [-0.25, -0.2) is 0 Å². The molecule has 0 aromatic heterocycles. The smallest absolute Gasteiger partial charge is 0.253 e. The van der Waals surface area contributed by atoms with E-state index in [-0.39, 0.29) is 18.4 Å². The van der Waals surface area contributed by atoms with Gasteiger partial charge in [-0.1, -0.05) is 66.7 Å². The highest BCUT2D eigenvalue weighted by Gasteiger charge is 2.13. The number of hydrogen-bond acceptors (Lipinski definition) is 4. The summed E-state index contributed by atoms with van der Waals surface area (Å²) in [5, 5.41) is 5.97. The van der Waals surface area contributed by atoms with Crippen LogP contribution in [0.2, 0.25) is 0 Å². The van der Waals surface area contributed by atoms with Crippen LogP contribution in [0.15, 0.2) is 109 Å². The molecule has 37 heavy (non-hydrogen) atoms. The van der Waals surface area contributed by atoms with Crippen molar-refractivity contribution < 1.29 is 14.3 Å². The minimum atomic E-state index is -0.203. The van der Waals surface area contributed by atoms with Crippen molar-refractivity contribution in [1.29, 1.82) is 0 Å². The molecule has 4 rings (SSSR count). The van der Waals surface area contributed by atoms with E-state index in [1.165, 1.54) is 5.56 Å². The zero-order chi connectivity index (χ0) is 25.9. The predicted molar refractivity (Wildman–Crippen MR) is 148 cm³/mol. The van der Waals surface area contributed by atoms with Gasteiger partial charge in [-0.15, -0.1) is 0 Å². The van der Waals surface area contributed by atoms with E-state index < -0.39 is 0 Å². The summed E-state index contributed by atoms with van der Waals surface area (Å²) in [6.07, 6.45) is 0.844. The molecule has 0 unspecified atom stereocenters. The number of carbonyl (C=O) groups is 2. The highest BCUT2D eigenvalue weighted by atomic mass is 16.5. The quantitative estimate of drug-likeness (QED) is 0.284. The van der Waals surface area contributed by atoms with Crippen LogP contribution in [0.1, 0.15) is 21.5 Å². The Morgan fingerprint density at radius 3 is 2.14 bits per heavy atom. The molecule has 188 valence electrons. The molecule has 4 aromatic carbocycles. The van der Waals surface area contributed by atoms with Gasteiger partial charge in [0.05, 0.1) is 13.2 Å². The number of nitrogens with zero attached hydrogens (tertiary/aromatic N) is 1. The first-order chi connectivity index (χ1) is 18.1. The third-order valence-electron chi connectivity index (χ3n) is 5.81. The van der Waals surface area contributed by atoms with E-state index in [4.69, 9.17) is 4.74 Å². The molecule has 2 amide bonds. The van der Waals surface area contributed by atoms with Crippen LogP contribution in [0.3, 0.4) is 0 Å². The lowest BCUT2D eigenvalue weighted by Crippen LogP contribution is -2.26. The van der Waals surface area contributed by atoms with Crippen LogP contribution >= 0.6 is 0 Å². The van der Waals surface area contributed by atoms with Crippen molar-refractivity contribution in [3.8, 4) is 5.75 Å². The van der Waals surface area contributed by atoms with Crippen molar-refractivity contribution in [3.05, 3.63) is 126 Å². The Balaban J connectivity index is 1.23. The maximum absolute atomic E-state index is 12.9. The Bertz CT molecular complexity index is 1290. The third-order valence-corrected chi connectivity index (χ3v) is 5.81. The summed E-state index contributed by atoms with van der Waals surface area (Å²) in [6, 6.07) is 34.5. The molecule has 6 nitrogen and oxygen atoms in total. The lowest BCUT2D eigenvalue weighted by Gasteiger charge is -2.18. The third kappa shape index (κ3) is 7.97. The summed E-state index contributed by atoms with van der Waals surface area (Å²) in [5.74, 6) is 0.472. The fraction of sp³-hybridized carbons (Fsp3) is 0.161. The summed E-state index contributed by atoms with van der Waals surface area (Å²) in [5.41, 5.74) is 4.21. The summed E-state index contributed by atoms with van der Waals surface area (Å²) in [6.45, 7) is 1.21. The molecule has 0 fully saturated rings. The summed E-state index contributed by atoms with van der Waals surface area (Å²) in [7, 11) is 1.77. The topological polar surface area (TPSA) is 70.7 Å². The average Bonchev–Trinajstić information content (AvgIpc) is 2.93. The molecule has 0 heterocycles. The van der Waals surface area contributed by atoms with Crippen LogP contribution in [0.4, 0.5) is 11.4 Å². The number of nitrogens with one attached hydrogen (secondary N) is 2. The summed E-state index contributed by atoms with van der Waals surface area (Å²) >= 11 is 0. The maximum Gasteiger partial charge on any atom is 0.253 e. The Morgan fingerprint density at radius 2 is 1.43 bits per heavy atom. The molecule has 0 aliphatic carbocycles. The molecule has 0 aliphatic rings. The Kier molecular flexibility index (Phi) is 8.92.